The van der Waals surface area contributed by atoms with Crippen molar-refractivity contribution in [3.05, 3.63) is 64.6 Å². The molecule has 2 heteroatoms. The molecule has 0 saturated heterocycles. The van der Waals surface area contributed by atoms with Crippen LogP contribution in [0, 0.1) is 27.2 Å². The van der Waals surface area contributed by atoms with E-state index in [1.165, 1.54) is 5.56 Å². The van der Waals surface area contributed by atoms with Crippen molar-refractivity contribution in [1.82, 2.24) is 0 Å². The van der Waals surface area contributed by atoms with E-state index in [4.69, 9.17) is 4.74 Å². The van der Waals surface area contributed by atoms with E-state index < -0.39 is 0 Å². The van der Waals surface area contributed by atoms with E-state index in [1.807, 2.05) is 31.5 Å². The van der Waals surface area contributed by atoms with Crippen molar-refractivity contribution in [2.45, 2.75) is 20.8 Å². The zero-order valence-corrected chi connectivity index (χ0v) is 11.8. The van der Waals surface area contributed by atoms with Gasteiger partial charge in [0.2, 0.25) is 0 Å². The van der Waals surface area contributed by atoms with E-state index in [0.29, 0.717) is 5.75 Å². The summed E-state index contributed by atoms with van der Waals surface area (Å²) in [5.74, 6) is 1.24. The smallest absolute Gasteiger partial charge is 0.124 e. The number of ether oxygens (including phenoxy) is 1. The van der Waals surface area contributed by atoms with Gasteiger partial charge in [-0.25, -0.2) is 0 Å². The van der Waals surface area contributed by atoms with Crippen molar-refractivity contribution in [1.29, 1.82) is 0 Å². The molecule has 2 aromatic rings. The maximum absolute atomic E-state index is 9.85. The number of benzene rings is 2. The lowest BCUT2D eigenvalue weighted by molar-refractivity contribution is 0.408. The largest absolute Gasteiger partial charge is 0.508 e. The molecule has 2 rings (SSSR count). The van der Waals surface area contributed by atoms with Crippen molar-refractivity contribution >= 4 is 0 Å². The van der Waals surface area contributed by atoms with Crippen LogP contribution in [0.3, 0.4) is 0 Å². The first-order chi connectivity index (χ1) is 9.04. The van der Waals surface area contributed by atoms with Crippen LogP contribution in [0.25, 0.3) is 0 Å². The number of rotatable bonds is 3. The van der Waals surface area contributed by atoms with E-state index in [1.54, 1.807) is 13.2 Å². The van der Waals surface area contributed by atoms with Crippen LogP contribution in [0.5, 0.6) is 11.5 Å². The number of aryl methyl sites for hydroxylation is 1. The topological polar surface area (TPSA) is 29.5 Å². The summed E-state index contributed by atoms with van der Waals surface area (Å²) in [6.45, 7) is 6.17. The van der Waals surface area contributed by atoms with Gasteiger partial charge in [0.15, 0.2) is 0 Å². The zero-order valence-electron chi connectivity index (χ0n) is 11.8. The molecule has 0 bridgehead atoms. The first-order valence-corrected chi connectivity index (χ1v) is 6.32. The molecule has 2 aromatic carbocycles. The fourth-order valence-electron chi connectivity index (χ4n) is 2.33. The quantitative estimate of drug-likeness (QED) is 0.900. The molecule has 0 aliphatic rings. The Balaban J connectivity index is 2.45. The number of phenolic OH excluding ortho intramolecular Hbond substituents is 1. The lowest BCUT2D eigenvalue weighted by Gasteiger charge is -2.16. The first kappa shape index (κ1) is 13.5. The maximum Gasteiger partial charge on any atom is 0.124 e. The Kier molecular flexibility index (Phi) is 3.79. The molecule has 0 atom stereocenters. The Morgan fingerprint density at radius 3 is 2.32 bits per heavy atom. The van der Waals surface area contributed by atoms with E-state index in [9.17, 15) is 5.11 Å². The highest BCUT2D eigenvalue weighted by Crippen LogP contribution is 2.31. The molecule has 0 spiro atoms. The highest BCUT2D eigenvalue weighted by Gasteiger charge is 2.12. The second kappa shape index (κ2) is 5.35. The normalized spacial score (nSPS) is 10.5. The van der Waals surface area contributed by atoms with Crippen molar-refractivity contribution in [3.8, 4) is 11.5 Å². The third-order valence-electron chi connectivity index (χ3n) is 3.52. The van der Waals surface area contributed by atoms with E-state index in [2.05, 4.69) is 19.9 Å². The minimum Gasteiger partial charge on any atom is -0.508 e. The third kappa shape index (κ3) is 2.58. The van der Waals surface area contributed by atoms with Gasteiger partial charge in [0.25, 0.3) is 0 Å². The fraction of sp³-hybridized carbons (Fsp3) is 0.235. The zero-order chi connectivity index (χ0) is 14.0. The highest BCUT2D eigenvalue weighted by atomic mass is 16.5. The Hall–Kier alpha value is -1.96. The van der Waals surface area contributed by atoms with Gasteiger partial charge < -0.3 is 9.84 Å². The molecule has 99 valence electrons. The number of hydrogen-bond acceptors (Lipinski definition) is 2. The van der Waals surface area contributed by atoms with Crippen LogP contribution in [0.2, 0.25) is 0 Å². The number of para-hydroxylation sites is 1. The van der Waals surface area contributed by atoms with Gasteiger partial charge >= 0.3 is 0 Å². The van der Waals surface area contributed by atoms with Gasteiger partial charge in [0.05, 0.1) is 7.11 Å². The predicted octanol–water partition coefficient (Wildman–Crippen LogP) is 3.93. The van der Waals surface area contributed by atoms with Crippen LogP contribution >= 0.6 is 0 Å². The molecule has 0 aliphatic carbocycles. The molecule has 1 N–H and O–H groups in total. The number of methoxy groups -OCH3 is 1. The minimum atomic E-state index is 0.299. The van der Waals surface area contributed by atoms with Crippen LogP contribution in [0.1, 0.15) is 27.8 Å². The molecule has 1 radical (unpaired) electrons. The molecule has 0 aliphatic heterocycles. The second-order valence-electron chi connectivity index (χ2n) is 4.77. The van der Waals surface area contributed by atoms with Crippen molar-refractivity contribution < 1.29 is 9.84 Å². The Labute approximate surface area is 114 Å². The molecule has 0 unspecified atom stereocenters. The SMILES string of the molecule is COc1c(C)cc([CH]c2ccccc2O)c(C)c1C. The van der Waals surface area contributed by atoms with Gasteiger partial charge in [-0.3, -0.25) is 0 Å². The van der Waals surface area contributed by atoms with E-state index in [0.717, 1.165) is 28.0 Å². The second-order valence-corrected chi connectivity index (χ2v) is 4.77. The van der Waals surface area contributed by atoms with Crippen molar-refractivity contribution in [3.63, 3.8) is 0 Å². The van der Waals surface area contributed by atoms with Gasteiger partial charge in [0, 0.05) is 12.0 Å². The molecule has 0 heterocycles. The van der Waals surface area contributed by atoms with Gasteiger partial charge in [0.1, 0.15) is 11.5 Å². The third-order valence-corrected chi connectivity index (χ3v) is 3.52. The summed E-state index contributed by atoms with van der Waals surface area (Å²) in [5.41, 5.74) is 5.36. The van der Waals surface area contributed by atoms with E-state index in [-0.39, 0.29) is 0 Å². The Morgan fingerprint density at radius 1 is 1.00 bits per heavy atom. The minimum absolute atomic E-state index is 0.299. The Morgan fingerprint density at radius 2 is 1.68 bits per heavy atom. The lowest BCUT2D eigenvalue weighted by Crippen LogP contribution is -1.99. The predicted molar refractivity (Wildman–Crippen MR) is 77.8 cm³/mol. The van der Waals surface area contributed by atoms with Gasteiger partial charge in [-0.05, 0) is 49.1 Å². The summed E-state index contributed by atoms with van der Waals surface area (Å²) in [7, 11) is 1.70. The first-order valence-electron chi connectivity index (χ1n) is 6.32. The van der Waals surface area contributed by atoms with E-state index >= 15 is 0 Å². The summed E-state index contributed by atoms with van der Waals surface area (Å²) in [5, 5.41) is 9.85. The van der Waals surface area contributed by atoms with Gasteiger partial charge in [-0.1, -0.05) is 24.3 Å². The molecular formula is C17H19O2. The standard InChI is InChI=1S/C17H19O2/c1-11-9-15(12(2)13(3)17(11)19-4)10-14-7-5-6-8-16(14)18/h5-10,18H,1-4H3. The highest BCUT2D eigenvalue weighted by molar-refractivity contribution is 5.55. The van der Waals surface area contributed by atoms with Crippen LogP contribution in [0.15, 0.2) is 30.3 Å². The lowest BCUT2D eigenvalue weighted by atomic mass is 9.94. The monoisotopic (exact) mass is 255 g/mol. The molecule has 0 aromatic heterocycles. The summed E-state index contributed by atoms with van der Waals surface area (Å²) in [4.78, 5) is 0. The van der Waals surface area contributed by atoms with Crippen molar-refractivity contribution in [2.24, 2.45) is 0 Å². The van der Waals surface area contributed by atoms with Gasteiger partial charge in [-0.15, -0.1) is 0 Å². The fourth-order valence-corrected chi connectivity index (χ4v) is 2.33. The van der Waals surface area contributed by atoms with Crippen LogP contribution < -0.4 is 4.74 Å². The molecule has 0 amide bonds. The molecule has 0 fully saturated rings. The molecular weight excluding hydrogens is 236 g/mol. The number of hydrogen-bond donors (Lipinski definition) is 1. The van der Waals surface area contributed by atoms with Crippen LogP contribution in [0.4, 0.5) is 0 Å². The van der Waals surface area contributed by atoms with Gasteiger partial charge in [-0.2, -0.15) is 0 Å². The molecule has 0 saturated carbocycles. The van der Waals surface area contributed by atoms with Crippen LogP contribution in [-0.4, -0.2) is 12.2 Å². The maximum atomic E-state index is 9.85. The average Bonchev–Trinajstić information content (AvgIpc) is 2.39. The van der Waals surface area contributed by atoms with Crippen molar-refractivity contribution in [2.75, 3.05) is 7.11 Å². The average molecular weight is 255 g/mol. The summed E-state index contributed by atoms with van der Waals surface area (Å²) in [6.07, 6.45) is 2.00. The summed E-state index contributed by atoms with van der Waals surface area (Å²) in [6, 6.07) is 9.44. The number of aromatic hydroxyl groups is 1. The summed E-state index contributed by atoms with van der Waals surface area (Å²) < 4.78 is 5.42. The molecule has 2 nitrogen and oxygen atoms in total. The Bertz CT molecular complexity index is 600. The summed E-state index contributed by atoms with van der Waals surface area (Å²) >= 11 is 0. The van der Waals surface area contributed by atoms with Crippen LogP contribution in [-0.2, 0) is 0 Å². The molecule has 19 heavy (non-hydrogen) atoms. The number of phenols is 1.